The number of aromatic nitrogens is 4. The smallest absolute Gasteiger partial charge is 0.407 e. The summed E-state index contributed by atoms with van der Waals surface area (Å²) in [7, 11) is 1.55. The second-order valence-corrected chi connectivity index (χ2v) is 7.62. The average molecular weight is 439 g/mol. The average Bonchev–Trinajstić information content (AvgIpc) is 3.39. The SMILES string of the molecule is CCOc1nc(N2CC[C@H](N(C)C(=O)O)C2)ncc1C(=O)Nc1ccc2nc(C)cn2c1. The number of imidazole rings is 1. The van der Waals surface area contributed by atoms with Crippen molar-refractivity contribution >= 4 is 29.3 Å². The fraction of sp³-hybridized carbons (Fsp3) is 0.381. The Balaban J connectivity index is 1.53. The first-order valence-corrected chi connectivity index (χ1v) is 10.3. The van der Waals surface area contributed by atoms with Crippen molar-refractivity contribution in [3.8, 4) is 5.88 Å². The molecule has 11 heteroatoms. The van der Waals surface area contributed by atoms with E-state index in [4.69, 9.17) is 4.74 Å². The molecule has 0 radical (unpaired) electrons. The van der Waals surface area contributed by atoms with E-state index in [0.29, 0.717) is 37.8 Å². The quantitative estimate of drug-likeness (QED) is 0.599. The Kier molecular flexibility index (Phi) is 5.80. The lowest BCUT2D eigenvalue weighted by Gasteiger charge is -2.22. The van der Waals surface area contributed by atoms with Crippen LogP contribution in [0.5, 0.6) is 5.88 Å². The lowest BCUT2D eigenvalue weighted by Crippen LogP contribution is -2.38. The lowest BCUT2D eigenvalue weighted by atomic mass is 10.2. The van der Waals surface area contributed by atoms with Gasteiger partial charge >= 0.3 is 6.09 Å². The number of pyridine rings is 1. The summed E-state index contributed by atoms with van der Waals surface area (Å²) < 4.78 is 7.46. The van der Waals surface area contributed by atoms with Crippen LogP contribution in [0.3, 0.4) is 0 Å². The van der Waals surface area contributed by atoms with E-state index < -0.39 is 6.09 Å². The van der Waals surface area contributed by atoms with Gasteiger partial charge in [0.05, 0.1) is 24.0 Å². The number of carbonyl (C=O) groups is 2. The molecule has 3 aromatic heterocycles. The minimum Gasteiger partial charge on any atom is -0.477 e. The van der Waals surface area contributed by atoms with Crippen LogP contribution >= 0.6 is 0 Å². The largest absolute Gasteiger partial charge is 0.477 e. The first kappa shape index (κ1) is 21.3. The van der Waals surface area contributed by atoms with E-state index in [1.165, 1.54) is 11.1 Å². The molecule has 0 unspecified atom stereocenters. The third kappa shape index (κ3) is 4.27. The van der Waals surface area contributed by atoms with Crippen LogP contribution in [-0.2, 0) is 0 Å². The fourth-order valence-corrected chi connectivity index (χ4v) is 3.70. The van der Waals surface area contributed by atoms with Gasteiger partial charge in [-0.1, -0.05) is 0 Å². The number of likely N-dealkylation sites (N-methyl/N-ethyl adjacent to an activating group) is 1. The maximum Gasteiger partial charge on any atom is 0.407 e. The standard InChI is InChI=1S/C21H25N7O4/c1-4-32-19-16(18(29)24-14-5-6-17-23-13(2)10-28(17)11-14)9-22-20(25-19)27-8-7-15(12-27)26(3)21(30)31/h5-6,9-11,15H,4,7-8,12H2,1-3H3,(H,24,29)(H,30,31)/t15-/m0/s1. The summed E-state index contributed by atoms with van der Waals surface area (Å²) >= 11 is 0. The molecular weight excluding hydrogens is 414 g/mol. The van der Waals surface area contributed by atoms with Gasteiger partial charge in [-0.15, -0.1) is 0 Å². The molecule has 1 saturated heterocycles. The summed E-state index contributed by atoms with van der Waals surface area (Å²) in [5.41, 5.74) is 2.50. The van der Waals surface area contributed by atoms with E-state index >= 15 is 0 Å². The first-order chi connectivity index (χ1) is 15.4. The molecule has 4 heterocycles. The van der Waals surface area contributed by atoms with Crippen LogP contribution in [-0.4, -0.2) is 74.1 Å². The Hall–Kier alpha value is -3.89. The Morgan fingerprint density at radius 1 is 1.31 bits per heavy atom. The van der Waals surface area contributed by atoms with Gasteiger partial charge in [-0.25, -0.2) is 14.8 Å². The Labute approximate surface area is 184 Å². The molecule has 0 spiro atoms. The molecule has 1 fully saturated rings. The molecule has 11 nitrogen and oxygen atoms in total. The molecule has 32 heavy (non-hydrogen) atoms. The second kappa shape index (κ2) is 8.69. The molecule has 2 N–H and O–H groups in total. The molecule has 4 rings (SSSR count). The van der Waals surface area contributed by atoms with E-state index in [1.807, 2.05) is 35.4 Å². The van der Waals surface area contributed by atoms with Crippen molar-refractivity contribution in [3.63, 3.8) is 0 Å². The van der Waals surface area contributed by atoms with Crippen molar-refractivity contribution < 1.29 is 19.4 Å². The third-order valence-corrected chi connectivity index (χ3v) is 5.39. The number of nitrogens with zero attached hydrogens (tertiary/aromatic N) is 6. The summed E-state index contributed by atoms with van der Waals surface area (Å²) in [6.07, 6.45) is 4.81. The van der Waals surface area contributed by atoms with Gasteiger partial charge in [0.25, 0.3) is 5.91 Å². The van der Waals surface area contributed by atoms with Crippen molar-refractivity contribution in [2.45, 2.75) is 26.3 Å². The van der Waals surface area contributed by atoms with E-state index in [2.05, 4.69) is 20.3 Å². The van der Waals surface area contributed by atoms with Crippen molar-refractivity contribution in [2.24, 2.45) is 0 Å². The monoisotopic (exact) mass is 439 g/mol. The molecule has 0 saturated carbocycles. The third-order valence-electron chi connectivity index (χ3n) is 5.39. The highest BCUT2D eigenvalue weighted by atomic mass is 16.5. The Bertz CT molecular complexity index is 1160. The zero-order valence-electron chi connectivity index (χ0n) is 18.1. The topological polar surface area (TPSA) is 125 Å². The number of ether oxygens (including phenoxy) is 1. The molecule has 1 aliphatic heterocycles. The maximum atomic E-state index is 12.9. The van der Waals surface area contributed by atoms with Gasteiger partial charge in [-0.3, -0.25) is 4.79 Å². The Morgan fingerprint density at radius 2 is 2.12 bits per heavy atom. The van der Waals surface area contributed by atoms with Crippen molar-refractivity contribution in [1.82, 2.24) is 24.3 Å². The van der Waals surface area contributed by atoms with Gasteiger partial charge in [0.15, 0.2) is 0 Å². The lowest BCUT2D eigenvalue weighted by molar-refractivity contribution is 0.102. The Morgan fingerprint density at radius 3 is 2.88 bits per heavy atom. The number of aryl methyl sites for hydroxylation is 1. The number of rotatable bonds is 6. The molecule has 2 amide bonds. The normalized spacial score (nSPS) is 15.7. The molecule has 168 valence electrons. The number of hydrogen-bond acceptors (Lipinski definition) is 7. The van der Waals surface area contributed by atoms with Crippen molar-refractivity contribution in [3.05, 3.63) is 42.0 Å². The summed E-state index contributed by atoms with van der Waals surface area (Å²) in [4.78, 5) is 40.5. The minimum atomic E-state index is -0.969. The van der Waals surface area contributed by atoms with Crippen molar-refractivity contribution in [1.29, 1.82) is 0 Å². The number of carbonyl (C=O) groups excluding carboxylic acids is 1. The van der Waals surface area contributed by atoms with E-state index in [9.17, 15) is 14.7 Å². The highest BCUT2D eigenvalue weighted by Crippen LogP contribution is 2.24. The number of carboxylic acid groups (broad SMARTS) is 1. The molecule has 0 aliphatic carbocycles. The molecule has 1 aliphatic rings. The molecule has 3 aromatic rings. The van der Waals surface area contributed by atoms with E-state index in [0.717, 1.165) is 11.3 Å². The predicted molar refractivity (Wildman–Crippen MR) is 117 cm³/mol. The van der Waals surface area contributed by atoms with Crippen LogP contribution in [0.25, 0.3) is 5.65 Å². The predicted octanol–water partition coefficient (Wildman–Crippen LogP) is 2.27. The zero-order valence-corrected chi connectivity index (χ0v) is 18.1. The number of anilines is 2. The van der Waals surface area contributed by atoms with Crippen LogP contribution in [0.15, 0.2) is 30.7 Å². The second-order valence-electron chi connectivity index (χ2n) is 7.62. The highest BCUT2D eigenvalue weighted by molar-refractivity contribution is 6.05. The van der Waals surface area contributed by atoms with Gasteiger partial charge < -0.3 is 29.4 Å². The molecule has 0 bridgehead atoms. The number of nitrogens with one attached hydrogen (secondary N) is 1. The van der Waals surface area contributed by atoms with Gasteiger partial charge in [-0.2, -0.15) is 4.98 Å². The molecule has 1 atom stereocenters. The van der Waals surface area contributed by atoms with Crippen LogP contribution in [0.1, 0.15) is 29.4 Å². The fourth-order valence-electron chi connectivity index (χ4n) is 3.70. The van der Waals surface area contributed by atoms with Crippen LogP contribution in [0.4, 0.5) is 16.4 Å². The van der Waals surface area contributed by atoms with Gasteiger partial charge in [-0.05, 0) is 32.4 Å². The first-order valence-electron chi connectivity index (χ1n) is 10.3. The van der Waals surface area contributed by atoms with Crippen molar-refractivity contribution in [2.75, 3.05) is 37.0 Å². The summed E-state index contributed by atoms with van der Waals surface area (Å²) in [6, 6.07) is 3.46. The van der Waals surface area contributed by atoms with E-state index in [-0.39, 0.29) is 23.4 Å². The van der Waals surface area contributed by atoms with Crippen LogP contribution < -0.4 is 15.0 Å². The van der Waals surface area contributed by atoms with Crippen LogP contribution in [0, 0.1) is 6.92 Å². The zero-order chi connectivity index (χ0) is 22.8. The summed E-state index contributed by atoms with van der Waals surface area (Å²) in [6.45, 7) is 5.14. The minimum absolute atomic E-state index is 0.142. The molecule has 0 aromatic carbocycles. The summed E-state index contributed by atoms with van der Waals surface area (Å²) in [5.74, 6) is 0.201. The van der Waals surface area contributed by atoms with E-state index in [1.54, 1.807) is 19.3 Å². The summed E-state index contributed by atoms with van der Waals surface area (Å²) in [5, 5.41) is 12.0. The van der Waals surface area contributed by atoms with Gasteiger partial charge in [0, 0.05) is 38.7 Å². The van der Waals surface area contributed by atoms with Gasteiger partial charge in [0.1, 0.15) is 11.2 Å². The number of fused-ring (bicyclic) bond motifs is 1. The number of amides is 2. The van der Waals surface area contributed by atoms with Crippen LogP contribution in [0.2, 0.25) is 0 Å². The highest BCUT2D eigenvalue weighted by Gasteiger charge is 2.30. The maximum absolute atomic E-state index is 12.9. The number of hydrogen-bond donors (Lipinski definition) is 2. The molecular formula is C21H25N7O4. The van der Waals surface area contributed by atoms with Gasteiger partial charge in [0.2, 0.25) is 11.8 Å².